The highest BCUT2D eigenvalue weighted by atomic mass is 16.3. The lowest BCUT2D eigenvalue weighted by molar-refractivity contribution is 0.100. The SMILES string of the molecule is Cc1oc2c(C(N)=O)cccc2c1-c1nc2c(c(NCc3ccccc3)n1)N(C)CC2. The van der Waals surface area contributed by atoms with Gasteiger partial charge in [-0.2, -0.15) is 0 Å². The molecule has 3 N–H and O–H groups in total. The Balaban J connectivity index is 1.63. The Morgan fingerprint density at radius 1 is 1.16 bits per heavy atom. The number of carbonyl (C=O) groups excluding carboxylic acids is 1. The Morgan fingerprint density at radius 2 is 1.97 bits per heavy atom. The number of anilines is 2. The summed E-state index contributed by atoms with van der Waals surface area (Å²) >= 11 is 0. The number of carbonyl (C=O) groups is 1. The zero-order valence-corrected chi connectivity index (χ0v) is 17.5. The molecule has 0 atom stereocenters. The summed E-state index contributed by atoms with van der Waals surface area (Å²) in [5.41, 5.74) is 10.4. The van der Waals surface area contributed by atoms with E-state index in [1.807, 2.05) is 31.2 Å². The number of likely N-dealkylation sites (N-methyl/N-ethyl adjacent to an activating group) is 1. The summed E-state index contributed by atoms with van der Waals surface area (Å²) in [6, 6.07) is 15.6. The molecule has 3 heterocycles. The number of primary amides is 1. The van der Waals surface area contributed by atoms with E-state index in [9.17, 15) is 4.79 Å². The fraction of sp³-hybridized carbons (Fsp3) is 0.208. The highest BCUT2D eigenvalue weighted by Crippen LogP contribution is 2.39. The van der Waals surface area contributed by atoms with Gasteiger partial charge in [0.25, 0.3) is 5.91 Å². The van der Waals surface area contributed by atoms with E-state index in [0.29, 0.717) is 29.3 Å². The lowest BCUT2D eigenvalue weighted by atomic mass is 10.1. The van der Waals surface area contributed by atoms with Gasteiger partial charge in [-0.3, -0.25) is 4.79 Å². The van der Waals surface area contributed by atoms with Crippen LogP contribution in [-0.2, 0) is 13.0 Å². The molecule has 2 aromatic carbocycles. The molecular weight excluding hydrogens is 390 g/mol. The van der Waals surface area contributed by atoms with Crippen molar-refractivity contribution < 1.29 is 9.21 Å². The second kappa shape index (κ2) is 7.43. The first-order valence-electron chi connectivity index (χ1n) is 10.2. The van der Waals surface area contributed by atoms with Gasteiger partial charge in [0, 0.05) is 31.9 Å². The summed E-state index contributed by atoms with van der Waals surface area (Å²) in [7, 11) is 2.06. The van der Waals surface area contributed by atoms with E-state index >= 15 is 0 Å². The average molecular weight is 413 g/mol. The molecule has 0 radical (unpaired) electrons. The molecule has 0 aliphatic carbocycles. The van der Waals surface area contributed by atoms with Crippen molar-refractivity contribution in [2.24, 2.45) is 5.73 Å². The van der Waals surface area contributed by atoms with Gasteiger partial charge < -0.3 is 20.4 Å². The van der Waals surface area contributed by atoms with E-state index in [4.69, 9.17) is 20.1 Å². The van der Waals surface area contributed by atoms with Crippen LogP contribution in [0.15, 0.2) is 52.9 Å². The molecule has 156 valence electrons. The number of para-hydroxylation sites is 1. The molecule has 1 amide bonds. The molecule has 5 rings (SSSR count). The Hall–Kier alpha value is -3.87. The normalized spacial score (nSPS) is 12.9. The Labute approximate surface area is 179 Å². The minimum Gasteiger partial charge on any atom is -0.460 e. The maximum atomic E-state index is 11.9. The third-order valence-electron chi connectivity index (χ3n) is 5.71. The van der Waals surface area contributed by atoms with Gasteiger partial charge in [-0.05, 0) is 18.6 Å². The summed E-state index contributed by atoms with van der Waals surface area (Å²) in [5, 5.41) is 4.28. The van der Waals surface area contributed by atoms with Crippen molar-refractivity contribution in [1.29, 1.82) is 0 Å². The number of fused-ring (bicyclic) bond motifs is 2. The molecule has 0 spiro atoms. The van der Waals surface area contributed by atoms with Crippen molar-refractivity contribution >= 4 is 28.4 Å². The molecule has 31 heavy (non-hydrogen) atoms. The van der Waals surface area contributed by atoms with E-state index in [0.717, 1.165) is 41.1 Å². The highest BCUT2D eigenvalue weighted by molar-refractivity contribution is 6.08. The highest BCUT2D eigenvalue weighted by Gasteiger charge is 2.26. The van der Waals surface area contributed by atoms with Crippen LogP contribution in [0.5, 0.6) is 0 Å². The molecule has 7 nitrogen and oxygen atoms in total. The third-order valence-corrected chi connectivity index (χ3v) is 5.71. The summed E-state index contributed by atoms with van der Waals surface area (Å²) in [6.07, 6.45) is 0.850. The van der Waals surface area contributed by atoms with E-state index in [1.54, 1.807) is 12.1 Å². The third kappa shape index (κ3) is 3.28. The van der Waals surface area contributed by atoms with Gasteiger partial charge in [-0.15, -0.1) is 0 Å². The summed E-state index contributed by atoms with van der Waals surface area (Å²) in [5.74, 6) is 1.52. The number of nitrogens with one attached hydrogen (secondary N) is 1. The van der Waals surface area contributed by atoms with Crippen molar-refractivity contribution in [3.63, 3.8) is 0 Å². The van der Waals surface area contributed by atoms with E-state index in [-0.39, 0.29) is 0 Å². The zero-order valence-electron chi connectivity index (χ0n) is 17.5. The quantitative estimate of drug-likeness (QED) is 0.515. The second-order valence-corrected chi connectivity index (χ2v) is 7.78. The standard InChI is InChI=1S/C24H23N5O2/c1-14-19(16-9-6-10-17(22(25)30)21(16)31-14)23-27-18-11-12-29(2)20(18)24(28-23)26-13-15-7-4-3-5-8-15/h3-10H,11-13H2,1-2H3,(H2,25,30)(H,26,27,28). The topological polar surface area (TPSA) is 97.3 Å². The minimum absolute atomic E-state index is 0.357. The van der Waals surface area contributed by atoms with Gasteiger partial charge in [0.2, 0.25) is 0 Å². The first-order chi connectivity index (χ1) is 15.0. The molecule has 4 aromatic rings. The molecule has 0 saturated carbocycles. The van der Waals surface area contributed by atoms with Gasteiger partial charge in [0.15, 0.2) is 11.6 Å². The van der Waals surface area contributed by atoms with Crippen LogP contribution in [0.2, 0.25) is 0 Å². The maximum absolute atomic E-state index is 11.9. The number of hydrogen-bond donors (Lipinski definition) is 2. The number of amides is 1. The van der Waals surface area contributed by atoms with Crippen LogP contribution in [-0.4, -0.2) is 29.5 Å². The van der Waals surface area contributed by atoms with Crippen LogP contribution in [0.3, 0.4) is 0 Å². The smallest absolute Gasteiger partial charge is 0.252 e. The van der Waals surface area contributed by atoms with Gasteiger partial charge in [-0.25, -0.2) is 9.97 Å². The summed E-state index contributed by atoms with van der Waals surface area (Å²) < 4.78 is 5.94. The number of nitrogens with zero attached hydrogens (tertiary/aromatic N) is 3. The molecule has 0 unspecified atom stereocenters. The van der Waals surface area contributed by atoms with Gasteiger partial charge >= 0.3 is 0 Å². The van der Waals surface area contributed by atoms with Crippen molar-refractivity contribution in [1.82, 2.24) is 9.97 Å². The number of benzene rings is 2. The van der Waals surface area contributed by atoms with Crippen LogP contribution in [0.1, 0.15) is 27.4 Å². The van der Waals surface area contributed by atoms with Gasteiger partial charge in [-0.1, -0.05) is 42.5 Å². The van der Waals surface area contributed by atoms with Crippen LogP contribution in [0, 0.1) is 6.92 Å². The molecule has 1 aliphatic rings. The van der Waals surface area contributed by atoms with Crippen molar-refractivity contribution in [2.45, 2.75) is 19.9 Å². The first kappa shape index (κ1) is 19.1. The zero-order chi connectivity index (χ0) is 21.5. The molecule has 0 fully saturated rings. The Morgan fingerprint density at radius 3 is 2.74 bits per heavy atom. The molecular formula is C24H23N5O2. The summed E-state index contributed by atoms with van der Waals surface area (Å²) in [4.78, 5) is 23.8. The fourth-order valence-corrected chi connectivity index (χ4v) is 4.19. The minimum atomic E-state index is -0.521. The average Bonchev–Trinajstić information content (AvgIpc) is 3.31. The molecule has 2 aromatic heterocycles. The van der Waals surface area contributed by atoms with Crippen LogP contribution in [0.4, 0.5) is 11.5 Å². The lowest BCUT2D eigenvalue weighted by Gasteiger charge is -2.17. The number of furan rings is 1. The lowest BCUT2D eigenvalue weighted by Crippen LogP contribution is -2.15. The Bertz CT molecular complexity index is 1300. The van der Waals surface area contributed by atoms with Crippen molar-refractivity contribution in [2.75, 3.05) is 23.8 Å². The number of nitrogens with two attached hydrogens (primary N) is 1. The Kier molecular flexibility index (Phi) is 4.58. The summed E-state index contributed by atoms with van der Waals surface area (Å²) in [6.45, 7) is 3.42. The predicted octanol–water partition coefficient (Wildman–Crippen LogP) is 3.90. The molecule has 0 bridgehead atoms. The van der Waals surface area contributed by atoms with Crippen LogP contribution < -0.4 is 16.0 Å². The van der Waals surface area contributed by atoms with E-state index in [2.05, 4.69) is 29.4 Å². The first-order valence-corrected chi connectivity index (χ1v) is 10.2. The number of aromatic nitrogens is 2. The number of hydrogen-bond acceptors (Lipinski definition) is 6. The maximum Gasteiger partial charge on any atom is 0.252 e. The second-order valence-electron chi connectivity index (χ2n) is 7.78. The van der Waals surface area contributed by atoms with Crippen LogP contribution >= 0.6 is 0 Å². The van der Waals surface area contributed by atoms with Gasteiger partial charge in [0.1, 0.15) is 17.0 Å². The molecule has 7 heteroatoms. The van der Waals surface area contributed by atoms with E-state index in [1.165, 1.54) is 5.56 Å². The predicted molar refractivity (Wildman–Crippen MR) is 121 cm³/mol. The van der Waals surface area contributed by atoms with Gasteiger partial charge in [0.05, 0.1) is 16.8 Å². The van der Waals surface area contributed by atoms with E-state index < -0.39 is 5.91 Å². The molecule has 1 aliphatic heterocycles. The fourth-order valence-electron chi connectivity index (χ4n) is 4.19. The number of aryl methyl sites for hydroxylation is 1. The van der Waals surface area contributed by atoms with Crippen molar-refractivity contribution in [3.05, 3.63) is 71.1 Å². The van der Waals surface area contributed by atoms with Crippen molar-refractivity contribution in [3.8, 4) is 11.4 Å². The number of rotatable bonds is 5. The largest absolute Gasteiger partial charge is 0.460 e. The molecule has 0 saturated heterocycles. The van der Waals surface area contributed by atoms with Crippen LogP contribution in [0.25, 0.3) is 22.4 Å². The monoisotopic (exact) mass is 413 g/mol.